The first-order valence-corrected chi connectivity index (χ1v) is 14.1. The van der Waals surface area contributed by atoms with E-state index in [9.17, 15) is 15.0 Å². The van der Waals surface area contributed by atoms with Crippen molar-refractivity contribution >= 4 is 5.97 Å². The Labute approximate surface area is 218 Å². The van der Waals surface area contributed by atoms with Crippen molar-refractivity contribution in [2.75, 3.05) is 20.3 Å². The Bertz CT molecular complexity index is 1050. The van der Waals surface area contributed by atoms with Gasteiger partial charge in [-0.3, -0.25) is 0 Å². The summed E-state index contributed by atoms with van der Waals surface area (Å²) in [4.78, 5) is 11.8. The highest BCUT2D eigenvalue weighted by atomic mass is 16.8. The molecule has 7 aliphatic rings. The molecule has 8 heteroatoms. The van der Waals surface area contributed by atoms with E-state index in [-0.39, 0.29) is 40.8 Å². The first kappa shape index (κ1) is 24.7. The van der Waals surface area contributed by atoms with E-state index in [0.717, 1.165) is 50.5 Å². The first-order chi connectivity index (χ1) is 17.6. The molecule has 0 aromatic rings. The number of ether oxygens (including phenoxy) is 5. The molecule has 5 fully saturated rings. The summed E-state index contributed by atoms with van der Waals surface area (Å²) in [7, 11) is 1.59. The molecule has 204 valence electrons. The molecule has 0 aromatic carbocycles. The highest BCUT2D eigenvalue weighted by molar-refractivity contribution is 5.85. The van der Waals surface area contributed by atoms with Crippen LogP contribution in [0.3, 0.4) is 0 Å². The van der Waals surface area contributed by atoms with Gasteiger partial charge in [-0.15, -0.1) is 0 Å². The van der Waals surface area contributed by atoms with Crippen LogP contribution < -0.4 is 0 Å². The normalized spacial score (nSPS) is 54.6. The maximum atomic E-state index is 12.5. The number of methoxy groups -OCH3 is 1. The van der Waals surface area contributed by atoms with E-state index in [1.165, 1.54) is 5.57 Å². The zero-order chi connectivity index (χ0) is 25.8. The number of aliphatic hydroxyl groups is 2. The van der Waals surface area contributed by atoms with Gasteiger partial charge in [-0.2, -0.15) is 0 Å². The highest BCUT2D eigenvalue weighted by Gasteiger charge is 2.68. The Morgan fingerprint density at radius 3 is 2.68 bits per heavy atom. The lowest BCUT2D eigenvalue weighted by molar-refractivity contribution is -0.442. The molecule has 0 radical (unpaired) electrons. The van der Waals surface area contributed by atoms with Crippen LogP contribution >= 0.6 is 0 Å². The van der Waals surface area contributed by atoms with Gasteiger partial charge in [-0.25, -0.2) is 4.79 Å². The van der Waals surface area contributed by atoms with Gasteiger partial charge in [0.05, 0.1) is 18.3 Å². The molecule has 0 amide bonds. The maximum absolute atomic E-state index is 12.5. The first-order valence-electron chi connectivity index (χ1n) is 14.1. The molecule has 3 heterocycles. The summed E-state index contributed by atoms with van der Waals surface area (Å²) >= 11 is 0. The number of esters is 1. The van der Waals surface area contributed by atoms with Gasteiger partial charge in [0.1, 0.15) is 18.8 Å². The van der Waals surface area contributed by atoms with Crippen LogP contribution in [0.5, 0.6) is 0 Å². The molecule has 4 aliphatic carbocycles. The molecule has 0 spiro atoms. The van der Waals surface area contributed by atoms with Gasteiger partial charge in [0.15, 0.2) is 0 Å². The van der Waals surface area contributed by atoms with E-state index < -0.39 is 23.8 Å². The molecule has 7 rings (SSSR count). The van der Waals surface area contributed by atoms with E-state index in [0.29, 0.717) is 25.6 Å². The predicted molar refractivity (Wildman–Crippen MR) is 131 cm³/mol. The molecule has 3 saturated carbocycles. The monoisotopic (exact) mass is 516 g/mol. The summed E-state index contributed by atoms with van der Waals surface area (Å²) < 4.78 is 29.3. The fourth-order valence-electron chi connectivity index (χ4n) is 9.81. The molecule has 2 N–H and O–H groups in total. The Morgan fingerprint density at radius 2 is 1.92 bits per heavy atom. The number of cyclic esters (lactones) is 1. The zero-order valence-corrected chi connectivity index (χ0v) is 22.1. The molecule has 11 atom stereocenters. The highest BCUT2D eigenvalue weighted by Crippen LogP contribution is 2.69. The fraction of sp³-hybridized carbons (Fsp3) is 0.828. The largest absolute Gasteiger partial charge is 0.458 e. The number of carbonyl (C=O) groups excluding carboxylic acids is 1. The minimum atomic E-state index is -1.62. The second-order valence-corrected chi connectivity index (χ2v) is 13.1. The SMILES string of the molecule is CO[C@H]1CCO[C@H]2O[C@H]3C=C4CC[C@@H]5[C@H](CC[C@]6(C)[C@@H](C7=CC(=O)OC7)CC[C@]56O)[C@@]4(C)C[C@H]3O[C@]21O. The summed E-state index contributed by atoms with van der Waals surface area (Å²) in [5.41, 5.74) is 1.27. The van der Waals surface area contributed by atoms with Crippen molar-refractivity contribution in [3.8, 4) is 0 Å². The second kappa shape index (κ2) is 8.12. The lowest BCUT2D eigenvalue weighted by Gasteiger charge is -2.63. The lowest BCUT2D eigenvalue weighted by Crippen LogP contribution is -2.68. The van der Waals surface area contributed by atoms with Crippen LogP contribution in [0.25, 0.3) is 0 Å². The fourth-order valence-corrected chi connectivity index (χ4v) is 9.81. The molecular formula is C29H40O8. The van der Waals surface area contributed by atoms with Crippen molar-refractivity contribution < 1.29 is 38.7 Å². The molecule has 0 bridgehead atoms. The summed E-state index contributed by atoms with van der Waals surface area (Å²) in [6.45, 7) is 5.40. The van der Waals surface area contributed by atoms with E-state index in [1.807, 2.05) is 0 Å². The average molecular weight is 517 g/mol. The van der Waals surface area contributed by atoms with Gasteiger partial charge in [0.25, 0.3) is 0 Å². The smallest absolute Gasteiger partial charge is 0.331 e. The standard InChI is InChI=1S/C29H40O8/c1-26-14-22-21(36-25-29(32,37-22)23(33-3)8-11-34-25)13-17(26)4-5-20-19(26)6-9-27(2)18(7-10-28(20,27)31)16-12-24(30)35-15-16/h12-13,18-23,25,31-32H,4-11,14-15H2,1-3H3/t18-,19+,20-,21+,22-,23+,25+,26+,27-,28+,29+/m1/s1. The van der Waals surface area contributed by atoms with Crippen molar-refractivity contribution in [1.29, 1.82) is 0 Å². The molecular weight excluding hydrogens is 476 g/mol. The third-order valence-corrected chi connectivity index (χ3v) is 11.8. The Balaban J connectivity index is 1.18. The summed E-state index contributed by atoms with van der Waals surface area (Å²) in [6, 6.07) is 0. The second-order valence-electron chi connectivity index (χ2n) is 13.1. The van der Waals surface area contributed by atoms with Crippen molar-refractivity contribution in [1.82, 2.24) is 0 Å². The van der Waals surface area contributed by atoms with Crippen LogP contribution in [0.4, 0.5) is 0 Å². The van der Waals surface area contributed by atoms with Gasteiger partial charge in [0, 0.05) is 25.0 Å². The van der Waals surface area contributed by atoms with E-state index in [4.69, 9.17) is 23.7 Å². The van der Waals surface area contributed by atoms with Crippen LogP contribution in [0.1, 0.15) is 65.2 Å². The maximum Gasteiger partial charge on any atom is 0.331 e. The van der Waals surface area contributed by atoms with Crippen molar-refractivity contribution in [2.24, 2.45) is 28.6 Å². The van der Waals surface area contributed by atoms with Crippen molar-refractivity contribution in [2.45, 2.75) is 101 Å². The van der Waals surface area contributed by atoms with Crippen LogP contribution in [-0.4, -0.2) is 72.5 Å². The van der Waals surface area contributed by atoms with Crippen molar-refractivity contribution in [3.05, 3.63) is 23.3 Å². The number of fused-ring (bicyclic) bond motifs is 7. The predicted octanol–water partition coefficient (Wildman–Crippen LogP) is 3.01. The summed E-state index contributed by atoms with van der Waals surface area (Å²) in [5.74, 6) is -1.20. The topological polar surface area (TPSA) is 104 Å². The number of rotatable bonds is 2. The number of allylic oxidation sites excluding steroid dienone is 1. The van der Waals surface area contributed by atoms with E-state index in [2.05, 4.69) is 19.9 Å². The van der Waals surface area contributed by atoms with Gasteiger partial charge >= 0.3 is 5.97 Å². The number of hydrogen-bond acceptors (Lipinski definition) is 8. The number of hydrogen-bond donors (Lipinski definition) is 2. The Kier molecular flexibility index (Phi) is 5.42. The van der Waals surface area contributed by atoms with Gasteiger partial charge in [0.2, 0.25) is 12.1 Å². The van der Waals surface area contributed by atoms with Crippen LogP contribution in [-0.2, 0) is 28.5 Å². The van der Waals surface area contributed by atoms with E-state index in [1.54, 1.807) is 13.2 Å². The van der Waals surface area contributed by atoms with Crippen molar-refractivity contribution in [3.63, 3.8) is 0 Å². The minimum Gasteiger partial charge on any atom is -0.458 e. The lowest BCUT2D eigenvalue weighted by atomic mass is 9.45. The zero-order valence-electron chi connectivity index (χ0n) is 22.1. The summed E-state index contributed by atoms with van der Waals surface area (Å²) in [5, 5.41) is 23.9. The minimum absolute atomic E-state index is 0.143. The molecule has 8 nitrogen and oxygen atoms in total. The molecule has 0 unspecified atom stereocenters. The Morgan fingerprint density at radius 1 is 1.08 bits per heavy atom. The van der Waals surface area contributed by atoms with Crippen LogP contribution in [0.15, 0.2) is 23.3 Å². The third-order valence-electron chi connectivity index (χ3n) is 11.8. The molecule has 37 heavy (non-hydrogen) atoms. The molecule has 3 aliphatic heterocycles. The van der Waals surface area contributed by atoms with E-state index >= 15 is 0 Å². The molecule has 0 aromatic heterocycles. The summed E-state index contributed by atoms with van der Waals surface area (Å²) in [6.07, 6.45) is 8.71. The number of carbonyl (C=O) groups is 1. The quantitative estimate of drug-likeness (QED) is 0.427. The van der Waals surface area contributed by atoms with Gasteiger partial charge in [-0.05, 0) is 73.7 Å². The van der Waals surface area contributed by atoms with Crippen LogP contribution in [0, 0.1) is 28.6 Å². The van der Waals surface area contributed by atoms with Crippen LogP contribution in [0.2, 0.25) is 0 Å². The Hall–Kier alpha value is -1.29. The molecule has 2 saturated heterocycles. The average Bonchev–Trinajstić information content (AvgIpc) is 3.40. The van der Waals surface area contributed by atoms with Gasteiger partial charge in [-0.1, -0.05) is 25.5 Å². The van der Waals surface area contributed by atoms with Gasteiger partial charge < -0.3 is 33.9 Å². The third kappa shape index (κ3) is 3.20.